The molecular formula is C29H25F3N4O2. The summed E-state index contributed by atoms with van der Waals surface area (Å²) < 4.78 is 53.7. The summed E-state index contributed by atoms with van der Waals surface area (Å²) in [5.74, 6) is -1.78. The Morgan fingerprint density at radius 3 is 2.37 bits per heavy atom. The molecule has 1 aliphatic heterocycles. The lowest BCUT2D eigenvalue weighted by molar-refractivity contribution is 0.0513. The van der Waals surface area contributed by atoms with Gasteiger partial charge in [-0.25, -0.2) is 13.2 Å². The van der Waals surface area contributed by atoms with Crippen molar-refractivity contribution in [1.29, 1.82) is 5.26 Å². The molecule has 4 aromatic rings. The number of ether oxygens (including phenoxy) is 2. The minimum atomic E-state index is -0.691. The van der Waals surface area contributed by atoms with E-state index in [9.17, 15) is 18.4 Å². The average Bonchev–Trinajstić information content (AvgIpc) is 2.91. The molecule has 9 heteroatoms. The van der Waals surface area contributed by atoms with Crippen LogP contribution in [0.15, 0.2) is 54.7 Å². The molecule has 1 saturated heterocycles. The van der Waals surface area contributed by atoms with Crippen LogP contribution < -0.4 is 15.4 Å². The molecule has 1 fully saturated rings. The first-order chi connectivity index (χ1) is 18.4. The maximum Gasteiger partial charge on any atom is 0.188 e. The fraction of sp³-hybridized carbons (Fsp3) is 0.241. The molecule has 2 heterocycles. The van der Waals surface area contributed by atoms with Crippen LogP contribution in [-0.4, -0.2) is 38.0 Å². The van der Waals surface area contributed by atoms with E-state index in [1.54, 1.807) is 18.3 Å². The number of pyridine rings is 1. The number of nitrogens with zero attached hydrogens (tertiary/aromatic N) is 3. The molecule has 0 aliphatic carbocycles. The number of anilines is 1. The number of nitriles is 1. The second-order valence-electron chi connectivity index (χ2n) is 9.23. The lowest BCUT2D eigenvalue weighted by Crippen LogP contribution is -2.40. The van der Waals surface area contributed by atoms with E-state index >= 15 is 0 Å². The van der Waals surface area contributed by atoms with Crippen LogP contribution in [-0.2, 0) is 4.74 Å². The van der Waals surface area contributed by atoms with Crippen molar-refractivity contribution in [2.24, 2.45) is 5.73 Å². The Bertz CT molecular complexity index is 1530. The molecule has 0 spiro atoms. The monoisotopic (exact) mass is 518 g/mol. The third kappa shape index (κ3) is 5.01. The smallest absolute Gasteiger partial charge is 0.188 e. The van der Waals surface area contributed by atoms with Crippen molar-refractivity contribution < 1.29 is 22.6 Å². The fourth-order valence-electron chi connectivity index (χ4n) is 4.89. The molecule has 0 atom stereocenters. The van der Waals surface area contributed by atoms with Gasteiger partial charge in [0, 0.05) is 55.0 Å². The van der Waals surface area contributed by atoms with Crippen LogP contribution in [0.2, 0.25) is 0 Å². The summed E-state index contributed by atoms with van der Waals surface area (Å²) in [5.41, 5.74) is 9.46. The average molecular weight is 519 g/mol. The van der Waals surface area contributed by atoms with Crippen LogP contribution in [0.4, 0.5) is 18.9 Å². The summed E-state index contributed by atoms with van der Waals surface area (Å²) in [6.07, 6.45) is 3.12. The van der Waals surface area contributed by atoms with Gasteiger partial charge in [0.25, 0.3) is 0 Å². The second-order valence-corrected chi connectivity index (χ2v) is 9.23. The summed E-state index contributed by atoms with van der Waals surface area (Å²) in [4.78, 5) is 6.71. The number of hydrogen-bond donors (Lipinski definition) is 1. The number of aromatic nitrogens is 1. The molecule has 3 aromatic carbocycles. The van der Waals surface area contributed by atoms with Crippen molar-refractivity contribution in [3.05, 3.63) is 77.7 Å². The Balaban J connectivity index is 1.76. The number of piperidine rings is 1. The summed E-state index contributed by atoms with van der Waals surface area (Å²) in [7, 11) is 1.45. The van der Waals surface area contributed by atoms with Gasteiger partial charge in [-0.3, -0.25) is 4.98 Å². The molecule has 2 N–H and O–H groups in total. The lowest BCUT2D eigenvalue weighted by Gasteiger charge is -2.34. The van der Waals surface area contributed by atoms with Crippen LogP contribution in [0.5, 0.6) is 5.75 Å². The normalized spacial score (nSPS) is 14.1. The third-order valence-electron chi connectivity index (χ3n) is 6.68. The number of halogens is 3. The van der Waals surface area contributed by atoms with Gasteiger partial charge in [0.1, 0.15) is 29.3 Å². The van der Waals surface area contributed by atoms with Gasteiger partial charge in [-0.15, -0.1) is 0 Å². The van der Waals surface area contributed by atoms with E-state index in [0.717, 1.165) is 30.7 Å². The Morgan fingerprint density at radius 1 is 0.974 bits per heavy atom. The molecule has 0 radical (unpaired) electrons. The minimum Gasteiger partial charge on any atom is -0.466 e. The Morgan fingerprint density at radius 2 is 1.68 bits per heavy atom. The maximum atomic E-state index is 14.5. The summed E-state index contributed by atoms with van der Waals surface area (Å²) in [6, 6.07) is 13.2. The molecule has 38 heavy (non-hydrogen) atoms. The molecule has 6 nitrogen and oxygen atoms in total. The van der Waals surface area contributed by atoms with Crippen LogP contribution >= 0.6 is 0 Å². The zero-order valence-electron chi connectivity index (χ0n) is 20.7. The quantitative estimate of drug-likeness (QED) is 0.327. The van der Waals surface area contributed by atoms with Gasteiger partial charge in [-0.2, -0.15) is 5.26 Å². The minimum absolute atomic E-state index is 0.0319. The number of fused-ring (bicyclic) bond motifs is 1. The van der Waals surface area contributed by atoms with Gasteiger partial charge in [0.15, 0.2) is 6.79 Å². The fourth-order valence-corrected chi connectivity index (χ4v) is 4.89. The largest absolute Gasteiger partial charge is 0.466 e. The van der Waals surface area contributed by atoms with Crippen LogP contribution in [0.25, 0.3) is 33.2 Å². The van der Waals surface area contributed by atoms with Gasteiger partial charge in [-0.1, -0.05) is 6.07 Å². The van der Waals surface area contributed by atoms with Gasteiger partial charge in [-0.05, 0) is 60.4 Å². The zero-order valence-corrected chi connectivity index (χ0v) is 20.7. The van der Waals surface area contributed by atoms with Crippen molar-refractivity contribution in [2.75, 3.05) is 31.9 Å². The second kappa shape index (κ2) is 10.7. The predicted octanol–water partition coefficient (Wildman–Crippen LogP) is 5.77. The first-order valence-corrected chi connectivity index (χ1v) is 12.1. The molecular weight excluding hydrogens is 493 g/mol. The van der Waals surface area contributed by atoms with E-state index in [1.807, 2.05) is 12.1 Å². The molecule has 0 unspecified atom stereocenters. The highest BCUT2D eigenvalue weighted by Gasteiger charge is 2.24. The van der Waals surface area contributed by atoms with E-state index in [1.165, 1.54) is 25.3 Å². The molecule has 0 bridgehead atoms. The van der Waals surface area contributed by atoms with Crippen LogP contribution in [0, 0.1) is 28.8 Å². The van der Waals surface area contributed by atoms with Crippen LogP contribution in [0.3, 0.4) is 0 Å². The zero-order chi connectivity index (χ0) is 26.8. The standard InChI is InChI=1S/C29H25F3N4O2/c1-37-16-38-29-19(14-33)10-22(32)13-24(29)17-2-3-27-25(11-17)28(36-6-4-23(34)5-7-36)26(15-35-27)18-8-20(30)12-21(31)9-18/h2-3,8-13,15,23H,4-7,16,34H2,1H3. The molecule has 5 rings (SSSR count). The van der Waals surface area contributed by atoms with E-state index < -0.39 is 17.5 Å². The Labute approximate surface area is 218 Å². The summed E-state index contributed by atoms with van der Waals surface area (Å²) in [6.45, 7) is 1.17. The van der Waals surface area contributed by atoms with E-state index in [4.69, 9.17) is 15.2 Å². The van der Waals surface area contributed by atoms with E-state index in [0.29, 0.717) is 46.2 Å². The number of hydrogen-bond acceptors (Lipinski definition) is 6. The highest BCUT2D eigenvalue weighted by Crippen LogP contribution is 2.41. The van der Waals surface area contributed by atoms with Crippen molar-refractivity contribution >= 4 is 16.6 Å². The molecule has 1 aliphatic rings. The van der Waals surface area contributed by atoms with E-state index in [-0.39, 0.29) is 24.1 Å². The molecule has 1 aromatic heterocycles. The van der Waals surface area contributed by atoms with Gasteiger partial charge < -0.3 is 20.1 Å². The highest BCUT2D eigenvalue weighted by molar-refractivity contribution is 6.02. The first kappa shape index (κ1) is 25.5. The van der Waals surface area contributed by atoms with Crippen molar-refractivity contribution in [1.82, 2.24) is 4.98 Å². The molecule has 194 valence electrons. The Kier molecular flexibility index (Phi) is 7.18. The summed E-state index contributed by atoms with van der Waals surface area (Å²) in [5, 5.41) is 10.3. The molecule has 0 amide bonds. The van der Waals surface area contributed by atoms with Crippen LogP contribution in [0.1, 0.15) is 18.4 Å². The van der Waals surface area contributed by atoms with Crippen molar-refractivity contribution in [2.45, 2.75) is 18.9 Å². The Hall–Kier alpha value is -4.13. The number of nitrogens with two attached hydrogens (primary N) is 1. The van der Waals surface area contributed by atoms with E-state index in [2.05, 4.69) is 9.88 Å². The first-order valence-electron chi connectivity index (χ1n) is 12.1. The lowest BCUT2D eigenvalue weighted by atomic mass is 9.95. The topological polar surface area (TPSA) is 84.4 Å². The number of methoxy groups -OCH3 is 1. The number of rotatable bonds is 6. The van der Waals surface area contributed by atoms with Gasteiger partial charge in [0.05, 0.1) is 16.8 Å². The van der Waals surface area contributed by atoms with Gasteiger partial charge in [0.2, 0.25) is 0 Å². The van der Waals surface area contributed by atoms with Crippen molar-refractivity contribution in [3.8, 4) is 34.1 Å². The number of benzene rings is 3. The maximum absolute atomic E-state index is 14.5. The summed E-state index contributed by atoms with van der Waals surface area (Å²) >= 11 is 0. The molecule has 0 saturated carbocycles. The predicted molar refractivity (Wildman–Crippen MR) is 139 cm³/mol. The highest BCUT2D eigenvalue weighted by atomic mass is 19.1. The van der Waals surface area contributed by atoms with Gasteiger partial charge >= 0.3 is 0 Å². The van der Waals surface area contributed by atoms with Crippen molar-refractivity contribution in [3.63, 3.8) is 0 Å². The SMILES string of the molecule is COCOc1c(C#N)cc(F)cc1-c1ccc2ncc(-c3cc(F)cc(F)c3)c(N3CCC(N)CC3)c2c1. The third-order valence-corrected chi connectivity index (χ3v) is 6.68.